The zero-order valence-corrected chi connectivity index (χ0v) is 11.7. The van der Waals surface area contributed by atoms with Crippen molar-refractivity contribution in [1.82, 2.24) is 10.5 Å². The fraction of sp³-hybridized carbons (Fsp3) is 0.615. The molecule has 0 bridgehead atoms. The van der Waals surface area contributed by atoms with Gasteiger partial charge >= 0.3 is 0 Å². The van der Waals surface area contributed by atoms with Crippen LogP contribution >= 0.6 is 0 Å². The standard InChI is InChI=1S/C13H21N3O3/c1-4-5-7-14-13(18)6-8-16(11(3)17)12-9-10(2)19-15-12/h9H,4-8H2,1-3H3,(H,14,18). The van der Waals surface area contributed by atoms with E-state index in [0.717, 1.165) is 12.8 Å². The third kappa shape index (κ3) is 5.11. The summed E-state index contributed by atoms with van der Waals surface area (Å²) in [7, 11) is 0. The number of carbonyl (C=O) groups is 2. The van der Waals surface area contributed by atoms with Gasteiger partial charge in [-0.1, -0.05) is 18.5 Å². The fourth-order valence-corrected chi connectivity index (χ4v) is 1.62. The van der Waals surface area contributed by atoms with Gasteiger partial charge in [0, 0.05) is 32.5 Å². The molecule has 1 aromatic rings. The van der Waals surface area contributed by atoms with E-state index in [-0.39, 0.29) is 18.2 Å². The molecule has 0 aliphatic heterocycles. The van der Waals surface area contributed by atoms with Crippen LogP contribution in [0.1, 0.15) is 38.9 Å². The van der Waals surface area contributed by atoms with E-state index in [9.17, 15) is 9.59 Å². The van der Waals surface area contributed by atoms with Crippen LogP contribution in [0.3, 0.4) is 0 Å². The maximum absolute atomic E-state index is 11.6. The van der Waals surface area contributed by atoms with Gasteiger partial charge in [-0.05, 0) is 13.3 Å². The maximum atomic E-state index is 11.6. The molecule has 1 heterocycles. The van der Waals surface area contributed by atoms with Crippen LogP contribution in [0.2, 0.25) is 0 Å². The fourth-order valence-electron chi connectivity index (χ4n) is 1.62. The SMILES string of the molecule is CCCCNC(=O)CCN(C(C)=O)c1cc(C)on1. The third-order valence-corrected chi connectivity index (χ3v) is 2.69. The number of aryl methyl sites for hydroxylation is 1. The van der Waals surface area contributed by atoms with E-state index in [0.29, 0.717) is 24.7 Å². The molecule has 1 aromatic heterocycles. The highest BCUT2D eigenvalue weighted by Gasteiger charge is 2.16. The minimum atomic E-state index is -0.158. The summed E-state index contributed by atoms with van der Waals surface area (Å²) in [6, 6.07) is 1.68. The molecule has 0 saturated heterocycles. The lowest BCUT2D eigenvalue weighted by Gasteiger charge is -2.17. The van der Waals surface area contributed by atoms with E-state index in [2.05, 4.69) is 17.4 Å². The normalized spacial score (nSPS) is 10.3. The van der Waals surface area contributed by atoms with Crippen LogP contribution in [0.4, 0.5) is 5.82 Å². The molecule has 0 aliphatic rings. The topological polar surface area (TPSA) is 75.4 Å². The summed E-state index contributed by atoms with van der Waals surface area (Å²) in [6.45, 7) is 6.25. The Morgan fingerprint density at radius 3 is 2.74 bits per heavy atom. The van der Waals surface area contributed by atoms with Crippen LogP contribution in [-0.2, 0) is 9.59 Å². The van der Waals surface area contributed by atoms with Gasteiger partial charge in [0.1, 0.15) is 5.76 Å². The molecule has 19 heavy (non-hydrogen) atoms. The van der Waals surface area contributed by atoms with Crippen LogP contribution in [0, 0.1) is 6.92 Å². The van der Waals surface area contributed by atoms with Crippen molar-refractivity contribution in [3.05, 3.63) is 11.8 Å². The number of anilines is 1. The van der Waals surface area contributed by atoms with Gasteiger partial charge < -0.3 is 9.84 Å². The Bertz CT molecular complexity index is 429. The molecule has 0 aliphatic carbocycles. The first-order chi connectivity index (χ1) is 9.04. The van der Waals surface area contributed by atoms with Gasteiger partial charge in [0.25, 0.3) is 0 Å². The first-order valence-electron chi connectivity index (χ1n) is 6.52. The van der Waals surface area contributed by atoms with E-state index in [1.54, 1.807) is 13.0 Å². The summed E-state index contributed by atoms with van der Waals surface area (Å²) in [6.07, 6.45) is 2.26. The Hall–Kier alpha value is -1.85. The number of hydrogen-bond acceptors (Lipinski definition) is 4. The number of carbonyl (C=O) groups excluding carboxylic acids is 2. The Morgan fingerprint density at radius 2 is 2.21 bits per heavy atom. The number of amides is 2. The molecule has 6 heteroatoms. The number of nitrogens with zero attached hydrogens (tertiary/aromatic N) is 2. The van der Waals surface area contributed by atoms with Crippen LogP contribution in [0.25, 0.3) is 0 Å². The van der Waals surface area contributed by atoms with E-state index >= 15 is 0 Å². The first kappa shape index (κ1) is 15.2. The Balaban J connectivity index is 2.47. The van der Waals surface area contributed by atoms with Gasteiger partial charge in [-0.25, -0.2) is 0 Å². The van der Waals surface area contributed by atoms with Crippen LogP contribution in [0.5, 0.6) is 0 Å². The predicted octanol–water partition coefficient (Wildman–Crippen LogP) is 1.64. The van der Waals surface area contributed by atoms with Crippen molar-refractivity contribution in [2.24, 2.45) is 0 Å². The van der Waals surface area contributed by atoms with Crippen LogP contribution in [-0.4, -0.2) is 30.1 Å². The smallest absolute Gasteiger partial charge is 0.225 e. The Kier molecular flexibility index (Phi) is 6.05. The molecule has 0 fully saturated rings. The highest BCUT2D eigenvalue weighted by molar-refractivity contribution is 5.91. The van der Waals surface area contributed by atoms with Gasteiger partial charge in [-0.2, -0.15) is 0 Å². The second kappa shape index (κ2) is 7.56. The van der Waals surface area contributed by atoms with Crippen molar-refractivity contribution < 1.29 is 14.1 Å². The van der Waals surface area contributed by atoms with Crippen LogP contribution < -0.4 is 10.2 Å². The zero-order chi connectivity index (χ0) is 14.3. The van der Waals surface area contributed by atoms with Gasteiger partial charge in [0.2, 0.25) is 11.8 Å². The highest BCUT2D eigenvalue weighted by atomic mass is 16.5. The molecule has 0 unspecified atom stereocenters. The lowest BCUT2D eigenvalue weighted by molar-refractivity contribution is -0.121. The quantitative estimate of drug-likeness (QED) is 0.762. The second-order valence-electron chi connectivity index (χ2n) is 4.42. The molecule has 0 radical (unpaired) electrons. The van der Waals surface area contributed by atoms with Crippen molar-refractivity contribution in [2.45, 2.75) is 40.0 Å². The van der Waals surface area contributed by atoms with Gasteiger partial charge in [-0.3, -0.25) is 14.5 Å². The van der Waals surface area contributed by atoms with Gasteiger partial charge in [-0.15, -0.1) is 0 Å². The lowest BCUT2D eigenvalue weighted by Crippen LogP contribution is -2.34. The largest absolute Gasteiger partial charge is 0.360 e. The van der Waals surface area contributed by atoms with Crippen molar-refractivity contribution in [3.8, 4) is 0 Å². The number of hydrogen-bond donors (Lipinski definition) is 1. The minimum absolute atomic E-state index is 0.0556. The lowest BCUT2D eigenvalue weighted by atomic mass is 10.3. The predicted molar refractivity (Wildman–Crippen MR) is 71.8 cm³/mol. The average molecular weight is 267 g/mol. The second-order valence-corrected chi connectivity index (χ2v) is 4.42. The zero-order valence-electron chi connectivity index (χ0n) is 11.7. The summed E-state index contributed by atoms with van der Waals surface area (Å²) < 4.78 is 4.94. The molecule has 0 saturated carbocycles. The molecule has 106 valence electrons. The summed E-state index contributed by atoms with van der Waals surface area (Å²) in [5, 5.41) is 6.60. The highest BCUT2D eigenvalue weighted by Crippen LogP contribution is 2.14. The molecular formula is C13H21N3O3. The van der Waals surface area contributed by atoms with Gasteiger partial charge in [0.15, 0.2) is 5.82 Å². The van der Waals surface area contributed by atoms with E-state index in [4.69, 9.17) is 4.52 Å². The molecule has 0 aromatic carbocycles. The van der Waals surface area contributed by atoms with Crippen molar-refractivity contribution in [2.75, 3.05) is 18.0 Å². The molecule has 0 spiro atoms. The summed E-state index contributed by atoms with van der Waals surface area (Å²) in [5.74, 6) is 0.870. The van der Waals surface area contributed by atoms with E-state index < -0.39 is 0 Å². The van der Waals surface area contributed by atoms with E-state index in [1.165, 1.54) is 11.8 Å². The minimum Gasteiger partial charge on any atom is -0.360 e. The summed E-state index contributed by atoms with van der Waals surface area (Å²) in [4.78, 5) is 24.6. The Morgan fingerprint density at radius 1 is 1.47 bits per heavy atom. The number of nitrogens with one attached hydrogen (secondary N) is 1. The van der Waals surface area contributed by atoms with Crippen molar-refractivity contribution in [1.29, 1.82) is 0 Å². The molecule has 1 N–H and O–H groups in total. The molecule has 0 atom stereocenters. The number of rotatable bonds is 7. The third-order valence-electron chi connectivity index (χ3n) is 2.69. The summed E-state index contributed by atoms with van der Waals surface area (Å²) >= 11 is 0. The van der Waals surface area contributed by atoms with Crippen molar-refractivity contribution >= 4 is 17.6 Å². The number of unbranched alkanes of at least 4 members (excludes halogenated alkanes) is 1. The average Bonchev–Trinajstić information content (AvgIpc) is 2.76. The van der Waals surface area contributed by atoms with Gasteiger partial charge in [0.05, 0.1) is 0 Å². The van der Waals surface area contributed by atoms with Crippen LogP contribution in [0.15, 0.2) is 10.6 Å². The number of aromatic nitrogens is 1. The monoisotopic (exact) mass is 267 g/mol. The van der Waals surface area contributed by atoms with E-state index in [1.807, 2.05) is 0 Å². The first-order valence-corrected chi connectivity index (χ1v) is 6.52. The molecule has 6 nitrogen and oxygen atoms in total. The maximum Gasteiger partial charge on any atom is 0.225 e. The molecule has 2 amide bonds. The summed E-state index contributed by atoms with van der Waals surface area (Å²) in [5.41, 5.74) is 0. The Labute approximate surface area is 113 Å². The van der Waals surface area contributed by atoms with Crippen molar-refractivity contribution in [3.63, 3.8) is 0 Å². The molecule has 1 rings (SSSR count). The molecular weight excluding hydrogens is 246 g/mol.